The molecule has 1 rings (SSSR count). The molecule has 0 N–H and O–H groups in total. The number of allylic oxidation sites excluding steroid dienone is 2. The van der Waals surface area contributed by atoms with E-state index in [1.54, 1.807) is 0 Å². The molecule has 0 heterocycles. The number of rotatable bonds is 0. The molecule has 0 aliphatic heterocycles. The Bertz CT molecular complexity index is 99.7. The maximum Gasteiger partial charge on any atom is 0.116 e. The van der Waals surface area contributed by atoms with E-state index < -0.39 is 0 Å². The van der Waals surface area contributed by atoms with Crippen molar-refractivity contribution in [2.45, 2.75) is 25.7 Å². The number of hydrogen-bond donors (Lipinski definition) is 0. The molecular formula is C8H12O. The molecule has 9 heavy (non-hydrogen) atoms. The molecule has 1 aliphatic rings. The molecule has 1 heteroatoms. The third kappa shape index (κ3) is 7.19. The van der Waals surface area contributed by atoms with Crippen molar-refractivity contribution in [2.24, 2.45) is 0 Å². The standard InChI is InChI=1S/C6H10.C2H2O/c1-2-4-6-5-3-1;1-2-3/h1-2H,3-6H2;1H2. The van der Waals surface area contributed by atoms with E-state index in [0.29, 0.717) is 0 Å². The van der Waals surface area contributed by atoms with E-state index in [-0.39, 0.29) is 0 Å². The first-order valence-electron chi connectivity index (χ1n) is 3.21. The van der Waals surface area contributed by atoms with E-state index in [1.807, 2.05) is 0 Å². The Balaban J connectivity index is 0.000000187. The van der Waals surface area contributed by atoms with Gasteiger partial charge in [-0.1, -0.05) is 12.2 Å². The monoisotopic (exact) mass is 124 g/mol. The van der Waals surface area contributed by atoms with Gasteiger partial charge in [-0.25, -0.2) is 4.79 Å². The average molecular weight is 124 g/mol. The molecule has 0 aromatic rings. The quantitative estimate of drug-likeness (QED) is 0.357. The van der Waals surface area contributed by atoms with Crippen LogP contribution in [0.25, 0.3) is 0 Å². The topological polar surface area (TPSA) is 17.1 Å². The summed E-state index contributed by atoms with van der Waals surface area (Å²) in [5.41, 5.74) is 0. The summed E-state index contributed by atoms with van der Waals surface area (Å²) < 4.78 is 0. The van der Waals surface area contributed by atoms with Gasteiger partial charge >= 0.3 is 0 Å². The highest BCUT2D eigenvalue weighted by Crippen LogP contribution is 2.07. The number of carbonyl (C=O) groups excluding carboxylic acids is 1. The van der Waals surface area contributed by atoms with Crippen molar-refractivity contribution in [1.82, 2.24) is 0 Å². The highest BCUT2D eigenvalue weighted by Gasteiger charge is 1.87. The Morgan fingerprint density at radius 3 is 1.67 bits per heavy atom. The zero-order chi connectivity index (χ0) is 6.95. The van der Waals surface area contributed by atoms with Gasteiger partial charge in [-0.3, -0.25) is 0 Å². The third-order valence-electron chi connectivity index (χ3n) is 1.16. The van der Waals surface area contributed by atoms with Crippen molar-refractivity contribution < 1.29 is 4.79 Å². The van der Waals surface area contributed by atoms with Gasteiger partial charge in [-0.2, -0.15) is 0 Å². The van der Waals surface area contributed by atoms with Crippen LogP contribution in [0.3, 0.4) is 0 Å². The second-order valence-electron chi connectivity index (χ2n) is 1.90. The molecule has 0 saturated heterocycles. The normalized spacial score (nSPS) is 15.1. The molecule has 50 valence electrons. The van der Waals surface area contributed by atoms with Crippen LogP contribution in [0.5, 0.6) is 0 Å². The van der Waals surface area contributed by atoms with Crippen molar-refractivity contribution in [1.29, 1.82) is 0 Å². The molecule has 0 saturated carbocycles. The predicted octanol–water partition coefficient (Wildman–Crippen LogP) is 2.12. The highest BCUT2D eigenvalue weighted by atomic mass is 16.1. The van der Waals surface area contributed by atoms with Crippen LogP contribution in [0.2, 0.25) is 0 Å². The molecule has 0 bridgehead atoms. The minimum atomic E-state index is 1.25. The van der Waals surface area contributed by atoms with Gasteiger partial charge in [0.05, 0.1) is 0 Å². The van der Waals surface area contributed by atoms with Gasteiger partial charge in [0.25, 0.3) is 0 Å². The van der Waals surface area contributed by atoms with Crippen molar-refractivity contribution >= 4 is 5.94 Å². The van der Waals surface area contributed by atoms with Gasteiger partial charge in [0.2, 0.25) is 0 Å². The van der Waals surface area contributed by atoms with Crippen LogP contribution >= 0.6 is 0 Å². The molecule has 0 amide bonds. The molecule has 0 aromatic carbocycles. The maximum absolute atomic E-state index is 8.57. The van der Waals surface area contributed by atoms with Crippen LogP contribution in [0.4, 0.5) is 0 Å². The summed E-state index contributed by atoms with van der Waals surface area (Å²) >= 11 is 0. The zero-order valence-electron chi connectivity index (χ0n) is 5.60. The summed E-state index contributed by atoms with van der Waals surface area (Å²) in [6, 6.07) is 0. The average Bonchev–Trinajstić information content (AvgIpc) is 1.93. The molecule has 1 nitrogen and oxygen atoms in total. The summed E-state index contributed by atoms with van der Waals surface area (Å²) in [5, 5.41) is 0. The van der Waals surface area contributed by atoms with Gasteiger partial charge in [0.1, 0.15) is 5.94 Å². The second-order valence-corrected chi connectivity index (χ2v) is 1.90. The Morgan fingerprint density at radius 1 is 1.22 bits per heavy atom. The van der Waals surface area contributed by atoms with Crippen molar-refractivity contribution in [2.75, 3.05) is 0 Å². The van der Waals surface area contributed by atoms with Crippen LogP contribution in [-0.2, 0) is 4.79 Å². The largest absolute Gasteiger partial charge is 0.234 e. The molecule has 0 radical (unpaired) electrons. The van der Waals surface area contributed by atoms with Gasteiger partial charge in [0.15, 0.2) is 0 Å². The lowest BCUT2D eigenvalue weighted by Gasteiger charge is -1.97. The van der Waals surface area contributed by atoms with Crippen molar-refractivity contribution in [3.63, 3.8) is 0 Å². The van der Waals surface area contributed by atoms with Crippen LogP contribution in [0.15, 0.2) is 18.7 Å². The van der Waals surface area contributed by atoms with E-state index in [0.717, 1.165) is 0 Å². The van der Waals surface area contributed by atoms with E-state index in [4.69, 9.17) is 4.79 Å². The zero-order valence-corrected chi connectivity index (χ0v) is 5.60. The van der Waals surface area contributed by atoms with E-state index in [2.05, 4.69) is 18.7 Å². The molecule has 0 spiro atoms. The fourth-order valence-corrected chi connectivity index (χ4v) is 0.760. The van der Waals surface area contributed by atoms with Crippen LogP contribution < -0.4 is 0 Å². The molecule has 0 atom stereocenters. The summed E-state index contributed by atoms with van der Waals surface area (Å²) in [6.07, 6.45) is 10.0. The third-order valence-corrected chi connectivity index (χ3v) is 1.16. The Morgan fingerprint density at radius 2 is 1.56 bits per heavy atom. The minimum Gasteiger partial charge on any atom is -0.234 e. The molecular weight excluding hydrogens is 112 g/mol. The van der Waals surface area contributed by atoms with Gasteiger partial charge < -0.3 is 0 Å². The highest BCUT2D eigenvalue weighted by molar-refractivity contribution is 5.38. The molecule has 0 aromatic heterocycles. The molecule has 1 aliphatic carbocycles. The van der Waals surface area contributed by atoms with Crippen LogP contribution in [0, 0.1) is 0 Å². The summed E-state index contributed by atoms with van der Waals surface area (Å²) in [5.74, 6) is 1.25. The maximum atomic E-state index is 8.57. The van der Waals surface area contributed by atoms with E-state index in [1.165, 1.54) is 31.6 Å². The minimum absolute atomic E-state index is 1.25. The van der Waals surface area contributed by atoms with Gasteiger partial charge in [0, 0.05) is 0 Å². The van der Waals surface area contributed by atoms with Crippen LogP contribution in [-0.4, -0.2) is 5.94 Å². The summed E-state index contributed by atoms with van der Waals surface area (Å²) in [7, 11) is 0. The lowest BCUT2D eigenvalue weighted by Crippen LogP contribution is -1.77. The van der Waals surface area contributed by atoms with E-state index >= 15 is 0 Å². The fourth-order valence-electron chi connectivity index (χ4n) is 0.760. The van der Waals surface area contributed by atoms with E-state index in [9.17, 15) is 0 Å². The SMILES string of the molecule is C1=CCCCC1.C=C=O. The van der Waals surface area contributed by atoms with Gasteiger partial charge in [-0.15, -0.1) is 0 Å². The first-order valence-corrected chi connectivity index (χ1v) is 3.21. The van der Waals surface area contributed by atoms with Crippen LogP contribution in [0.1, 0.15) is 25.7 Å². The predicted molar refractivity (Wildman–Crippen MR) is 38.9 cm³/mol. The molecule has 0 fully saturated rings. The lowest BCUT2D eigenvalue weighted by molar-refractivity contribution is 0.569. The van der Waals surface area contributed by atoms with Gasteiger partial charge in [-0.05, 0) is 32.3 Å². The Labute approximate surface area is 56.1 Å². The Kier molecular flexibility index (Phi) is 6.54. The second kappa shape index (κ2) is 7.19. The molecule has 0 unspecified atom stereocenters. The Hall–Kier alpha value is -0.810. The first kappa shape index (κ1) is 8.19. The first-order chi connectivity index (χ1) is 4.41. The van der Waals surface area contributed by atoms with Crippen molar-refractivity contribution in [3.8, 4) is 0 Å². The number of hydrogen-bond acceptors (Lipinski definition) is 1. The van der Waals surface area contributed by atoms with Crippen molar-refractivity contribution in [3.05, 3.63) is 18.7 Å². The smallest absolute Gasteiger partial charge is 0.116 e. The summed E-state index contributed by atoms with van der Waals surface area (Å²) in [4.78, 5) is 8.57. The lowest BCUT2D eigenvalue weighted by atomic mass is 10.1. The summed E-state index contributed by atoms with van der Waals surface area (Å²) in [6.45, 7) is 2.68. The fraction of sp³-hybridized carbons (Fsp3) is 0.500.